The van der Waals surface area contributed by atoms with E-state index in [9.17, 15) is 0 Å². The molecular formula is C12H21N3O2S. The maximum atomic E-state index is 5.67. The van der Waals surface area contributed by atoms with Gasteiger partial charge in [-0.2, -0.15) is 4.37 Å². The zero-order chi connectivity index (χ0) is 13.0. The summed E-state index contributed by atoms with van der Waals surface area (Å²) in [6, 6.07) is 0. The maximum absolute atomic E-state index is 5.67. The van der Waals surface area contributed by atoms with Crippen LogP contribution in [0.1, 0.15) is 38.4 Å². The van der Waals surface area contributed by atoms with Crippen LogP contribution in [0.15, 0.2) is 0 Å². The molecule has 0 aliphatic carbocycles. The Hall–Kier alpha value is -0.720. The van der Waals surface area contributed by atoms with Crippen molar-refractivity contribution in [1.82, 2.24) is 9.36 Å². The van der Waals surface area contributed by atoms with Crippen molar-refractivity contribution >= 4 is 16.7 Å². The number of aromatic nitrogens is 2. The summed E-state index contributed by atoms with van der Waals surface area (Å²) < 4.78 is 15.4. The van der Waals surface area contributed by atoms with Crippen LogP contribution in [0.4, 0.5) is 5.13 Å². The number of hydrogen-bond donors (Lipinski definition) is 1. The molecule has 1 aliphatic rings. The van der Waals surface area contributed by atoms with Crippen LogP contribution in [0.5, 0.6) is 0 Å². The van der Waals surface area contributed by atoms with Crippen molar-refractivity contribution in [3.63, 3.8) is 0 Å². The minimum Gasteiger partial charge on any atom is -0.381 e. The van der Waals surface area contributed by atoms with Gasteiger partial charge in [-0.1, -0.05) is 13.8 Å². The molecule has 0 radical (unpaired) electrons. The van der Waals surface area contributed by atoms with Crippen LogP contribution in [0, 0.1) is 0 Å². The van der Waals surface area contributed by atoms with E-state index in [1.807, 2.05) is 0 Å². The van der Waals surface area contributed by atoms with Crippen molar-refractivity contribution in [3.05, 3.63) is 5.82 Å². The lowest BCUT2D eigenvalue weighted by molar-refractivity contribution is -0.0807. The van der Waals surface area contributed by atoms with Crippen molar-refractivity contribution in [2.24, 2.45) is 0 Å². The van der Waals surface area contributed by atoms with Crippen LogP contribution in [0.2, 0.25) is 0 Å². The van der Waals surface area contributed by atoms with Crippen molar-refractivity contribution < 1.29 is 9.47 Å². The first kappa shape index (κ1) is 13.7. The highest BCUT2D eigenvalue weighted by Gasteiger charge is 2.32. The highest BCUT2D eigenvalue weighted by atomic mass is 32.1. The standard InChI is InChI=1S/C12H21N3O2S/c1-9(2)10-14-11(18-15-10)13-8-12(16-3)4-6-17-7-5-12/h9H,4-8H2,1-3H3,(H,13,14,15). The van der Waals surface area contributed by atoms with E-state index in [1.165, 1.54) is 11.5 Å². The topological polar surface area (TPSA) is 56.3 Å². The second-order valence-electron chi connectivity index (χ2n) is 4.97. The highest BCUT2D eigenvalue weighted by molar-refractivity contribution is 7.09. The molecule has 1 aromatic heterocycles. The zero-order valence-electron chi connectivity index (χ0n) is 11.2. The van der Waals surface area contributed by atoms with E-state index in [-0.39, 0.29) is 5.60 Å². The normalized spacial score (nSPS) is 19.1. The summed E-state index contributed by atoms with van der Waals surface area (Å²) in [6.45, 7) is 6.49. The van der Waals surface area contributed by atoms with Crippen molar-refractivity contribution in [3.8, 4) is 0 Å². The third-order valence-electron chi connectivity index (χ3n) is 3.36. The average molecular weight is 271 g/mol. The highest BCUT2D eigenvalue weighted by Crippen LogP contribution is 2.26. The third kappa shape index (κ3) is 3.18. The van der Waals surface area contributed by atoms with Crippen LogP contribution >= 0.6 is 11.5 Å². The summed E-state index contributed by atoms with van der Waals surface area (Å²) in [6.07, 6.45) is 1.85. The van der Waals surface area contributed by atoms with E-state index in [0.29, 0.717) is 5.92 Å². The number of nitrogens with one attached hydrogen (secondary N) is 1. The SMILES string of the molecule is COC1(CNc2nc(C(C)C)ns2)CCOCC1. The molecule has 0 unspecified atom stereocenters. The van der Waals surface area contributed by atoms with Crippen molar-refractivity contribution in [1.29, 1.82) is 0 Å². The molecule has 0 atom stereocenters. The number of methoxy groups -OCH3 is 1. The van der Waals surface area contributed by atoms with Crippen LogP contribution in [0.3, 0.4) is 0 Å². The van der Waals surface area contributed by atoms with Gasteiger partial charge in [0, 0.05) is 57.2 Å². The Morgan fingerprint density at radius 1 is 1.44 bits per heavy atom. The molecule has 18 heavy (non-hydrogen) atoms. The molecule has 2 rings (SSSR count). The third-order valence-corrected chi connectivity index (χ3v) is 4.04. The van der Waals surface area contributed by atoms with E-state index < -0.39 is 0 Å². The lowest BCUT2D eigenvalue weighted by Crippen LogP contribution is -2.44. The summed E-state index contributed by atoms with van der Waals surface area (Å²) in [5, 5.41) is 4.22. The van der Waals surface area contributed by atoms with Gasteiger partial charge in [-0.05, 0) is 0 Å². The van der Waals surface area contributed by atoms with Gasteiger partial charge >= 0.3 is 0 Å². The van der Waals surface area contributed by atoms with Gasteiger partial charge in [0.05, 0.1) is 5.60 Å². The van der Waals surface area contributed by atoms with Crippen LogP contribution in [-0.4, -0.2) is 41.8 Å². The Labute approximate surface area is 112 Å². The lowest BCUT2D eigenvalue weighted by Gasteiger charge is -2.35. The van der Waals surface area contributed by atoms with Gasteiger partial charge in [-0.25, -0.2) is 4.98 Å². The van der Waals surface area contributed by atoms with E-state index in [1.54, 1.807) is 7.11 Å². The fraction of sp³-hybridized carbons (Fsp3) is 0.833. The van der Waals surface area contributed by atoms with Gasteiger partial charge in [0.15, 0.2) is 0 Å². The van der Waals surface area contributed by atoms with Gasteiger partial charge in [0.1, 0.15) is 5.82 Å². The predicted molar refractivity (Wildman–Crippen MR) is 72.3 cm³/mol. The number of anilines is 1. The molecule has 1 fully saturated rings. The molecule has 5 nitrogen and oxygen atoms in total. The molecule has 0 aromatic carbocycles. The maximum Gasteiger partial charge on any atom is 0.202 e. The van der Waals surface area contributed by atoms with Gasteiger partial charge < -0.3 is 14.8 Å². The molecule has 2 heterocycles. The Morgan fingerprint density at radius 2 is 2.17 bits per heavy atom. The summed E-state index contributed by atoms with van der Waals surface area (Å²) in [7, 11) is 1.77. The number of hydrogen-bond acceptors (Lipinski definition) is 6. The van der Waals surface area contributed by atoms with E-state index >= 15 is 0 Å². The fourth-order valence-electron chi connectivity index (χ4n) is 1.97. The van der Waals surface area contributed by atoms with Gasteiger partial charge in [0.2, 0.25) is 5.13 Å². The van der Waals surface area contributed by atoms with E-state index in [4.69, 9.17) is 9.47 Å². The second-order valence-corrected chi connectivity index (χ2v) is 5.72. The van der Waals surface area contributed by atoms with Crippen LogP contribution < -0.4 is 5.32 Å². The minimum atomic E-state index is -0.123. The minimum absolute atomic E-state index is 0.123. The first-order valence-corrected chi connectivity index (χ1v) is 7.13. The Morgan fingerprint density at radius 3 is 2.72 bits per heavy atom. The summed E-state index contributed by atoms with van der Waals surface area (Å²) in [5.74, 6) is 1.28. The van der Waals surface area contributed by atoms with Gasteiger partial charge in [-0.3, -0.25) is 0 Å². The Bertz CT molecular complexity index is 375. The van der Waals surface area contributed by atoms with Gasteiger partial charge in [0.25, 0.3) is 0 Å². The fourth-order valence-corrected chi connectivity index (χ4v) is 2.68. The molecule has 1 saturated heterocycles. The largest absolute Gasteiger partial charge is 0.381 e. The second kappa shape index (κ2) is 5.95. The van der Waals surface area contributed by atoms with Crippen LogP contribution in [0.25, 0.3) is 0 Å². The Balaban J connectivity index is 1.92. The first-order chi connectivity index (χ1) is 8.65. The zero-order valence-corrected chi connectivity index (χ0v) is 12.0. The molecule has 0 spiro atoms. The van der Waals surface area contributed by atoms with Gasteiger partial charge in [-0.15, -0.1) is 0 Å². The molecule has 1 aromatic rings. The van der Waals surface area contributed by atoms with E-state index in [2.05, 4.69) is 28.5 Å². The summed E-state index contributed by atoms with van der Waals surface area (Å²) >= 11 is 1.42. The molecule has 0 amide bonds. The monoisotopic (exact) mass is 271 g/mol. The molecule has 6 heteroatoms. The van der Waals surface area contributed by atoms with Crippen LogP contribution in [-0.2, 0) is 9.47 Å². The average Bonchev–Trinajstić information content (AvgIpc) is 2.87. The number of rotatable bonds is 5. The molecule has 1 N–H and O–H groups in total. The van der Waals surface area contributed by atoms with Crippen molar-refractivity contribution in [2.75, 3.05) is 32.2 Å². The first-order valence-electron chi connectivity index (χ1n) is 6.35. The number of ether oxygens (including phenoxy) is 2. The smallest absolute Gasteiger partial charge is 0.202 e. The lowest BCUT2D eigenvalue weighted by atomic mass is 9.94. The summed E-state index contributed by atoms with van der Waals surface area (Å²) in [5.41, 5.74) is -0.123. The molecule has 0 saturated carbocycles. The Kier molecular flexibility index (Phi) is 4.53. The quantitative estimate of drug-likeness (QED) is 0.890. The van der Waals surface area contributed by atoms with E-state index in [0.717, 1.165) is 43.6 Å². The molecular weight excluding hydrogens is 250 g/mol. The molecule has 1 aliphatic heterocycles. The predicted octanol–water partition coefficient (Wildman–Crippen LogP) is 2.27. The summed E-state index contributed by atoms with van der Waals surface area (Å²) in [4.78, 5) is 4.47. The van der Waals surface area contributed by atoms with Crippen molar-refractivity contribution in [2.45, 2.75) is 38.2 Å². The number of nitrogens with zero attached hydrogens (tertiary/aromatic N) is 2. The molecule has 102 valence electrons. The molecule has 0 bridgehead atoms.